The number of hydrogen-bond donors (Lipinski definition) is 1. The van der Waals surface area contributed by atoms with Crippen molar-refractivity contribution in [2.24, 2.45) is 17.8 Å². The lowest BCUT2D eigenvalue weighted by atomic mass is 9.75. The van der Waals surface area contributed by atoms with Gasteiger partial charge in [-0.05, 0) is 49.7 Å². The molecule has 0 aromatic carbocycles. The molecule has 0 aliphatic heterocycles. The molecule has 1 N–H and O–H groups in total. The Kier molecular flexibility index (Phi) is 6.04. The number of nitrogens with one attached hydrogen (secondary N) is 1. The van der Waals surface area contributed by atoms with E-state index in [9.17, 15) is 0 Å². The summed E-state index contributed by atoms with van der Waals surface area (Å²) in [6.45, 7) is 10.6. The van der Waals surface area contributed by atoms with E-state index in [1.54, 1.807) is 0 Å². The third-order valence-corrected chi connectivity index (χ3v) is 4.60. The molecule has 1 aromatic heterocycles. The van der Waals surface area contributed by atoms with Crippen molar-refractivity contribution < 1.29 is 4.74 Å². The standard InChI is InChI=1S/C18H30N2O/c1-5-19-15-8-9-20-16(11-15)12-21-18-10-14(4)6-7-17(18)13(2)3/h8-9,11,13-14,17-18H,5-7,10,12H2,1-4H3,(H,19,20). The summed E-state index contributed by atoms with van der Waals surface area (Å²) in [6.07, 6.45) is 6.08. The van der Waals surface area contributed by atoms with Crippen molar-refractivity contribution in [1.82, 2.24) is 4.98 Å². The van der Waals surface area contributed by atoms with Crippen LogP contribution in [0.15, 0.2) is 18.3 Å². The molecule has 1 aliphatic carbocycles. The lowest BCUT2D eigenvalue weighted by Gasteiger charge is -2.37. The molecule has 1 saturated carbocycles. The first-order valence-electron chi connectivity index (χ1n) is 8.40. The van der Waals surface area contributed by atoms with Gasteiger partial charge in [-0.2, -0.15) is 0 Å². The average molecular weight is 290 g/mol. The van der Waals surface area contributed by atoms with Crippen LogP contribution in [-0.4, -0.2) is 17.6 Å². The highest BCUT2D eigenvalue weighted by molar-refractivity contribution is 5.42. The zero-order valence-electron chi connectivity index (χ0n) is 13.9. The summed E-state index contributed by atoms with van der Waals surface area (Å²) in [5.41, 5.74) is 2.15. The van der Waals surface area contributed by atoms with Crippen LogP contribution in [0.5, 0.6) is 0 Å². The molecular weight excluding hydrogens is 260 g/mol. The van der Waals surface area contributed by atoms with Gasteiger partial charge in [-0.15, -0.1) is 0 Å². The highest BCUT2D eigenvalue weighted by Crippen LogP contribution is 2.35. The highest BCUT2D eigenvalue weighted by atomic mass is 16.5. The van der Waals surface area contributed by atoms with Crippen LogP contribution in [0.2, 0.25) is 0 Å². The second-order valence-corrected chi connectivity index (χ2v) is 6.74. The van der Waals surface area contributed by atoms with Crippen LogP contribution in [0.25, 0.3) is 0 Å². The minimum Gasteiger partial charge on any atom is -0.385 e. The topological polar surface area (TPSA) is 34.2 Å². The highest BCUT2D eigenvalue weighted by Gasteiger charge is 2.31. The predicted octanol–water partition coefficient (Wildman–Crippen LogP) is 4.49. The molecule has 3 unspecified atom stereocenters. The molecule has 0 bridgehead atoms. The largest absolute Gasteiger partial charge is 0.385 e. The molecule has 0 saturated heterocycles. The second-order valence-electron chi connectivity index (χ2n) is 6.74. The van der Waals surface area contributed by atoms with Gasteiger partial charge >= 0.3 is 0 Å². The Hall–Kier alpha value is -1.09. The van der Waals surface area contributed by atoms with Crippen molar-refractivity contribution in [3.63, 3.8) is 0 Å². The Morgan fingerprint density at radius 2 is 2.19 bits per heavy atom. The smallest absolute Gasteiger partial charge is 0.0892 e. The van der Waals surface area contributed by atoms with Crippen LogP contribution in [0.4, 0.5) is 5.69 Å². The SMILES string of the molecule is CCNc1ccnc(COC2CC(C)CCC2C(C)C)c1. The van der Waals surface area contributed by atoms with Crippen LogP contribution in [0.3, 0.4) is 0 Å². The molecule has 1 fully saturated rings. The number of rotatable bonds is 6. The zero-order valence-corrected chi connectivity index (χ0v) is 13.9. The van der Waals surface area contributed by atoms with E-state index >= 15 is 0 Å². The minimum absolute atomic E-state index is 0.387. The Bertz CT molecular complexity index is 433. The molecular formula is C18H30N2O. The van der Waals surface area contributed by atoms with Crippen molar-refractivity contribution in [3.8, 4) is 0 Å². The van der Waals surface area contributed by atoms with Gasteiger partial charge in [0.1, 0.15) is 0 Å². The number of nitrogens with zero attached hydrogens (tertiary/aromatic N) is 1. The second kappa shape index (κ2) is 7.79. The number of hydrogen-bond acceptors (Lipinski definition) is 3. The summed E-state index contributed by atoms with van der Waals surface area (Å²) >= 11 is 0. The summed E-state index contributed by atoms with van der Waals surface area (Å²) in [7, 11) is 0. The first-order valence-corrected chi connectivity index (χ1v) is 8.40. The Balaban J connectivity index is 1.95. The van der Waals surface area contributed by atoms with Gasteiger partial charge < -0.3 is 10.1 Å². The molecule has 1 heterocycles. The van der Waals surface area contributed by atoms with Crippen LogP contribution in [0.1, 0.15) is 52.7 Å². The van der Waals surface area contributed by atoms with Crippen molar-refractivity contribution >= 4 is 5.69 Å². The number of pyridine rings is 1. The van der Waals surface area contributed by atoms with Gasteiger partial charge in [-0.25, -0.2) is 0 Å². The molecule has 1 aliphatic rings. The number of aromatic nitrogens is 1. The van der Waals surface area contributed by atoms with E-state index in [2.05, 4.69) is 44.1 Å². The monoisotopic (exact) mass is 290 g/mol. The van der Waals surface area contributed by atoms with Gasteiger partial charge in [0.15, 0.2) is 0 Å². The van der Waals surface area contributed by atoms with E-state index in [0.717, 1.165) is 23.8 Å². The third kappa shape index (κ3) is 4.70. The summed E-state index contributed by atoms with van der Waals surface area (Å²) < 4.78 is 6.26. The lowest BCUT2D eigenvalue weighted by molar-refractivity contribution is -0.0483. The quantitative estimate of drug-likeness (QED) is 0.838. The van der Waals surface area contributed by atoms with Crippen LogP contribution >= 0.6 is 0 Å². The first-order chi connectivity index (χ1) is 10.1. The van der Waals surface area contributed by atoms with Crippen molar-refractivity contribution in [1.29, 1.82) is 0 Å². The van der Waals surface area contributed by atoms with Gasteiger partial charge in [0.25, 0.3) is 0 Å². The van der Waals surface area contributed by atoms with Crippen molar-refractivity contribution in [3.05, 3.63) is 24.0 Å². The third-order valence-electron chi connectivity index (χ3n) is 4.60. The van der Waals surface area contributed by atoms with E-state index in [1.165, 1.54) is 19.3 Å². The van der Waals surface area contributed by atoms with E-state index in [1.807, 2.05) is 12.3 Å². The predicted molar refractivity (Wildman–Crippen MR) is 88.3 cm³/mol. The fourth-order valence-corrected chi connectivity index (χ4v) is 3.37. The van der Waals surface area contributed by atoms with Crippen LogP contribution < -0.4 is 5.32 Å². The summed E-state index contributed by atoms with van der Waals surface area (Å²) in [6, 6.07) is 4.10. The number of anilines is 1. The lowest BCUT2D eigenvalue weighted by Crippen LogP contribution is -2.34. The fourth-order valence-electron chi connectivity index (χ4n) is 3.37. The summed E-state index contributed by atoms with van der Waals surface area (Å²) in [5.74, 6) is 2.17. The zero-order chi connectivity index (χ0) is 15.2. The minimum atomic E-state index is 0.387. The van der Waals surface area contributed by atoms with Crippen molar-refractivity contribution in [2.45, 2.75) is 59.7 Å². The van der Waals surface area contributed by atoms with Crippen LogP contribution in [-0.2, 0) is 11.3 Å². The maximum absolute atomic E-state index is 6.26. The summed E-state index contributed by atoms with van der Waals surface area (Å²) in [5, 5.41) is 3.32. The van der Waals surface area contributed by atoms with Gasteiger partial charge in [0, 0.05) is 18.4 Å². The molecule has 1 aromatic rings. The van der Waals surface area contributed by atoms with Gasteiger partial charge in [0.2, 0.25) is 0 Å². The molecule has 3 atom stereocenters. The van der Waals surface area contributed by atoms with Crippen LogP contribution in [0, 0.1) is 17.8 Å². The molecule has 3 heteroatoms. The molecule has 0 amide bonds. The molecule has 118 valence electrons. The van der Waals surface area contributed by atoms with Gasteiger partial charge in [-0.1, -0.05) is 27.2 Å². The molecule has 21 heavy (non-hydrogen) atoms. The van der Waals surface area contributed by atoms with Crippen molar-refractivity contribution in [2.75, 3.05) is 11.9 Å². The average Bonchev–Trinajstić information content (AvgIpc) is 2.45. The Morgan fingerprint density at radius 1 is 1.38 bits per heavy atom. The molecule has 2 rings (SSSR count). The Labute approximate surface area is 129 Å². The normalized spacial score (nSPS) is 26.0. The van der Waals surface area contributed by atoms with Gasteiger partial charge in [0.05, 0.1) is 18.4 Å². The Morgan fingerprint density at radius 3 is 2.90 bits per heavy atom. The molecule has 0 spiro atoms. The molecule has 3 nitrogen and oxygen atoms in total. The first kappa shape index (κ1) is 16.3. The van der Waals surface area contributed by atoms with E-state index in [0.29, 0.717) is 24.5 Å². The maximum atomic E-state index is 6.26. The van der Waals surface area contributed by atoms with E-state index in [-0.39, 0.29) is 0 Å². The van der Waals surface area contributed by atoms with E-state index in [4.69, 9.17) is 4.74 Å². The maximum Gasteiger partial charge on any atom is 0.0892 e. The number of ether oxygens (including phenoxy) is 1. The summed E-state index contributed by atoms with van der Waals surface area (Å²) in [4.78, 5) is 4.43. The van der Waals surface area contributed by atoms with Gasteiger partial charge in [-0.3, -0.25) is 4.98 Å². The fraction of sp³-hybridized carbons (Fsp3) is 0.722. The molecule has 0 radical (unpaired) electrons. The van der Waals surface area contributed by atoms with E-state index < -0.39 is 0 Å².